The van der Waals surface area contributed by atoms with Crippen molar-refractivity contribution in [3.63, 3.8) is 0 Å². The van der Waals surface area contributed by atoms with Gasteiger partial charge >= 0.3 is 0 Å². The van der Waals surface area contributed by atoms with E-state index in [-0.39, 0.29) is 6.04 Å². The minimum atomic E-state index is 0.0887. The van der Waals surface area contributed by atoms with Crippen LogP contribution in [0, 0.1) is 25.7 Å². The van der Waals surface area contributed by atoms with Gasteiger partial charge in [-0.3, -0.25) is 0 Å². The molecule has 6 heteroatoms. The van der Waals surface area contributed by atoms with Gasteiger partial charge in [-0.2, -0.15) is 4.98 Å². The van der Waals surface area contributed by atoms with Gasteiger partial charge in [-0.25, -0.2) is 4.98 Å². The third kappa shape index (κ3) is 6.07. The van der Waals surface area contributed by atoms with Crippen molar-refractivity contribution >= 4 is 29.4 Å². The van der Waals surface area contributed by atoms with Crippen molar-refractivity contribution in [1.82, 2.24) is 14.9 Å². The van der Waals surface area contributed by atoms with Crippen LogP contribution in [0.15, 0.2) is 24.8 Å². The minimum absolute atomic E-state index is 0.0887. The van der Waals surface area contributed by atoms with Crippen molar-refractivity contribution in [1.29, 1.82) is 0 Å². The summed E-state index contributed by atoms with van der Waals surface area (Å²) < 4.78 is 0. The van der Waals surface area contributed by atoms with E-state index in [1.54, 1.807) is 0 Å². The molecule has 2 heterocycles. The molecule has 180 valence electrons. The monoisotopic (exact) mass is 469 g/mol. The smallest absolute Gasteiger partial charge is 0.227 e. The summed E-state index contributed by atoms with van der Waals surface area (Å²) in [5.41, 5.74) is 4.29. The van der Waals surface area contributed by atoms with Crippen LogP contribution in [0.3, 0.4) is 0 Å². The highest BCUT2D eigenvalue weighted by molar-refractivity contribution is 6.30. The Morgan fingerprint density at radius 1 is 1.27 bits per heavy atom. The first kappa shape index (κ1) is 25.5. The molecule has 1 aromatic heterocycles. The zero-order valence-corrected chi connectivity index (χ0v) is 21.9. The van der Waals surface area contributed by atoms with E-state index in [0.717, 1.165) is 52.6 Å². The number of halogens is 1. The highest BCUT2D eigenvalue weighted by Crippen LogP contribution is 2.33. The Balaban J connectivity index is 1.74. The van der Waals surface area contributed by atoms with E-state index in [9.17, 15) is 0 Å². The van der Waals surface area contributed by atoms with Gasteiger partial charge in [0.05, 0.1) is 11.7 Å². The normalized spacial score (nSPS) is 15.9. The lowest BCUT2D eigenvalue weighted by Crippen LogP contribution is -2.52. The molecule has 2 atom stereocenters. The molecule has 1 aromatic carbocycles. The fourth-order valence-corrected chi connectivity index (χ4v) is 5.16. The number of nitrogens with one attached hydrogen (secondary N) is 1. The van der Waals surface area contributed by atoms with E-state index < -0.39 is 0 Å². The standard InChI is InChI=1S/C27H40ClN5/c1-8-13-32(7)15-21(9-2)22-16-33(17-22)27-30-19(5)24(10-3)26(31-27)29-20(6)25-12-11-23(28)14-18(25)4/h10-12,14,20-22H,3,8-9,13,15-17H2,1-2,4-7H3,(H,29,30,31)/t20-,21+/m1/s1. The van der Waals surface area contributed by atoms with Crippen molar-refractivity contribution in [3.8, 4) is 0 Å². The summed E-state index contributed by atoms with van der Waals surface area (Å²) in [6, 6.07) is 6.11. The molecule has 1 aliphatic rings. The predicted molar refractivity (Wildman–Crippen MR) is 142 cm³/mol. The van der Waals surface area contributed by atoms with Crippen LogP contribution in [0.4, 0.5) is 11.8 Å². The van der Waals surface area contributed by atoms with Gasteiger partial charge in [0.2, 0.25) is 5.95 Å². The summed E-state index contributed by atoms with van der Waals surface area (Å²) in [5.74, 6) is 3.07. The van der Waals surface area contributed by atoms with Crippen molar-refractivity contribution in [3.05, 3.63) is 52.2 Å². The van der Waals surface area contributed by atoms with Crippen molar-refractivity contribution in [2.45, 2.75) is 53.5 Å². The van der Waals surface area contributed by atoms with Gasteiger partial charge in [-0.15, -0.1) is 0 Å². The van der Waals surface area contributed by atoms with E-state index in [1.807, 2.05) is 25.1 Å². The molecular weight excluding hydrogens is 430 g/mol. The summed E-state index contributed by atoms with van der Waals surface area (Å²) in [4.78, 5) is 14.6. The van der Waals surface area contributed by atoms with Gasteiger partial charge in [0.1, 0.15) is 5.82 Å². The third-order valence-corrected chi connectivity index (χ3v) is 7.15. The van der Waals surface area contributed by atoms with Crippen LogP contribution in [0.1, 0.15) is 62.0 Å². The predicted octanol–water partition coefficient (Wildman–Crippen LogP) is 6.37. The molecule has 2 aromatic rings. The first-order valence-electron chi connectivity index (χ1n) is 12.2. The molecule has 1 N–H and O–H groups in total. The first-order valence-corrected chi connectivity index (χ1v) is 12.6. The highest BCUT2D eigenvalue weighted by Gasteiger charge is 2.35. The summed E-state index contributed by atoms with van der Waals surface area (Å²) in [5, 5.41) is 4.37. The Bertz CT molecular complexity index is 954. The van der Waals surface area contributed by atoms with Crippen molar-refractivity contribution in [2.24, 2.45) is 11.8 Å². The Morgan fingerprint density at radius 3 is 2.61 bits per heavy atom. The summed E-state index contributed by atoms with van der Waals surface area (Å²) >= 11 is 6.15. The van der Waals surface area contributed by atoms with Crippen molar-refractivity contribution < 1.29 is 0 Å². The molecular formula is C27H40ClN5. The second-order valence-electron chi connectivity index (χ2n) is 9.54. The summed E-state index contributed by atoms with van der Waals surface area (Å²) in [6.07, 6.45) is 4.27. The molecule has 0 saturated carbocycles. The molecule has 1 aliphatic heterocycles. The molecule has 0 bridgehead atoms. The average Bonchev–Trinajstić information content (AvgIpc) is 2.72. The van der Waals surface area contributed by atoms with Crippen molar-refractivity contribution in [2.75, 3.05) is 43.4 Å². The van der Waals surface area contributed by atoms with Crippen LogP contribution in [-0.4, -0.2) is 48.1 Å². The number of anilines is 2. The number of benzene rings is 1. The van der Waals surface area contributed by atoms with Gasteiger partial charge in [0.15, 0.2) is 0 Å². The second-order valence-corrected chi connectivity index (χ2v) is 9.97. The largest absolute Gasteiger partial charge is 0.363 e. The van der Waals surface area contributed by atoms with Crippen LogP contribution >= 0.6 is 11.6 Å². The molecule has 0 unspecified atom stereocenters. The zero-order chi connectivity index (χ0) is 24.1. The Morgan fingerprint density at radius 2 is 2.00 bits per heavy atom. The second kappa shape index (κ2) is 11.3. The highest BCUT2D eigenvalue weighted by atomic mass is 35.5. The van der Waals surface area contributed by atoms with Gasteiger partial charge < -0.3 is 15.1 Å². The molecule has 5 nitrogen and oxygen atoms in total. The van der Waals surface area contributed by atoms with Crippen LogP contribution in [-0.2, 0) is 0 Å². The Labute approximate surface area is 205 Å². The summed E-state index contributed by atoms with van der Waals surface area (Å²) in [7, 11) is 2.24. The maximum atomic E-state index is 6.15. The number of nitrogens with zero attached hydrogens (tertiary/aromatic N) is 4. The topological polar surface area (TPSA) is 44.3 Å². The molecule has 0 amide bonds. The number of hydrogen-bond acceptors (Lipinski definition) is 5. The molecule has 1 fully saturated rings. The van der Waals surface area contributed by atoms with Crippen LogP contribution in [0.25, 0.3) is 6.08 Å². The van der Waals surface area contributed by atoms with E-state index in [1.165, 1.54) is 31.5 Å². The average molecular weight is 470 g/mol. The molecule has 0 spiro atoms. The zero-order valence-electron chi connectivity index (χ0n) is 21.2. The van der Waals surface area contributed by atoms with E-state index in [0.29, 0.717) is 5.92 Å². The third-order valence-electron chi connectivity index (χ3n) is 6.92. The lowest BCUT2D eigenvalue weighted by Gasteiger charge is -2.44. The van der Waals surface area contributed by atoms with Crippen LogP contribution in [0.5, 0.6) is 0 Å². The molecule has 3 rings (SSSR count). The SMILES string of the molecule is C=Cc1c(C)nc(N2CC([C@@H](CC)CN(C)CCC)C2)nc1N[C@H](C)c1ccc(Cl)cc1C. The van der Waals surface area contributed by atoms with Crippen LogP contribution < -0.4 is 10.2 Å². The fourth-order valence-electron chi connectivity index (χ4n) is 4.93. The number of aryl methyl sites for hydroxylation is 2. The molecule has 33 heavy (non-hydrogen) atoms. The Hall–Kier alpha value is -2.11. The van der Waals surface area contributed by atoms with Gasteiger partial charge in [0, 0.05) is 30.2 Å². The van der Waals surface area contributed by atoms with Gasteiger partial charge in [-0.05, 0) is 75.9 Å². The lowest BCUT2D eigenvalue weighted by molar-refractivity contribution is 0.187. The quantitative estimate of drug-likeness (QED) is 0.414. The number of aromatic nitrogens is 2. The van der Waals surface area contributed by atoms with Gasteiger partial charge in [0.25, 0.3) is 0 Å². The maximum absolute atomic E-state index is 6.15. The molecule has 0 aliphatic carbocycles. The first-order chi connectivity index (χ1) is 15.8. The van der Waals surface area contributed by atoms with E-state index >= 15 is 0 Å². The van der Waals surface area contributed by atoms with E-state index in [2.05, 4.69) is 62.5 Å². The number of rotatable bonds is 11. The maximum Gasteiger partial charge on any atom is 0.227 e. The molecule has 0 radical (unpaired) electrons. The van der Waals surface area contributed by atoms with Gasteiger partial charge in [-0.1, -0.05) is 50.6 Å². The lowest BCUT2D eigenvalue weighted by atomic mass is 9.83. The van der Waals surface area contributed by atoms with Crippen LogP contribution in [0.2, 0.25) is 5.02 Å². The fraction of sp³-hybridized carbons (Fsp3) is 0.556. The Kier molecular flexibility index (Phi) is 8.77. The molecule has 1 saturated heterocycles. The minimum Gasteiger partial charge on any atom is -0.363 e. The summed E-state index contributed by atoms with van der Waals surface area (Å²) in [6.45, 7) is 19.2. The number of hydrogen-bond donors (Lipinski definition) is 1. The van der Waals surface area contributed by atoms with E-state index in [4.69, 9.17) is 21.6 Å².